The molecular weight excluding hydrogens is 278 g/mol. The minimum atomic E-state index is -0.0401. The molecule has 2 fully saturated rings. The van der Waals surface area contributed by atoms with Crippen LogP contribution in [-0.2, 0) is 16.1 Å². The van der Waals surface area contributed by atoms with Crippen LogP contribution in [0.25, 0.3) is 5.65 Å². The van der Waals surface area contributed by atoms with Gasteiger partial charge in [0, 0.05) is 25.8 Å². The zero-order valence-electron chi connectivity index (χ0n) is 13.1. The molecule has 2 aliphatic rings. The van der Waals surface area contributed by atoms with E-state index in [-0.39, 0.29) is 11.9 Å². The normalized spacial score (nSPS) is 20.8. The summed E-state index contributed by atoms with van der Waals surface area (Å²) in [5.74, 6) is 0.0892. The molecule has 1 spiro atoms. The molecule has 3 heterocycles. The smallest absolute Gasteiger partial charge is 0.308 e. The number of nitrogens with zero attached hydrogens (tertiary/aromatic N) is 3. The highest BCUT2D eigenvalue weighted by Gasteiger charge is 2.54. The fourth-order valence-corrected chi connectivity index (χ4v) is 4.16. The second kappa shape index (κ2) is 4.81. The number of aromatic nitrogens is 2. The van der Waals surface area contributed by atoms with E-state index >= 15 is 0 Å². The highest BCUT2D eigenvalue weighted by atomic mass is 16.5. The van der Waals surface area contributed by atoms with E-state index in [9.17, 15) is 4.79 Å². The molecule has 0 radical (unpaired) electrons. The van der Waals surface area contributed by atoms with Crippen LogP contribution in [0.3, 0.4) is 0 Å². The number of likely N-dealkylation sites (tertiary alicyclic amines) is 1. The minimum absolute atomic E-state index is 0.0401. The maximum Gasteiger partial charge on any atom is 0.308 e. The van der Waals surface area contributed by atoms with Crippen LogP contribution >= 0.6 is 0 Å². The van der Waals surface area contributed by atoms with Gasteiger partial charge in [0.15, 0.2) is 0 Å². The first kappa shape index (κ1) is 13.8. The molecule has 1 aliphatic heterocycles. The van der Waals surface area contributed by atoms with E-state index in [4.69, 9.17) is 4.74 Å². The Hall–Kier alpha value is -1.88. The Labute approximate surface area is 129 Å². The molecule has 2 aromatic heterocycles. The first-order valence-electron chi connectivity index (χ1n) is 7.83. The first-order valence-corrected chi connectivity index (χ1v) is 7.83. The third-order valence-corrected chi connectivity index (χ3v) is 5.21. The molecule has 0 N–H and O–H groups in total. The first-order chi connectivity index (χ1) is 10.6. The quantitative estimate of drug-likeness (QED) is 0.814. The minimum Gasteiger partial charge on any atom is -0.469 e. The molecule has 4 rings (SSSR count). The number of hydrogen-bond acceptors (Lipinski definition) is 4. The van der Waals surface area contributed by atoms with Crippen molar-refractivity contribution in [3.05, 3.63) is 35.8 Å². The fourth-order valence-electron chi connectivity index (χ4n) is 4.16. The third-order valence-electron chi connectivity index (χ3n) is 5.21. The molecule has 1 saturated carbocycles. The Balaban J connectivity index is 1.40. The third kappa shape index (κ3) is 2.03. The summed E-state index contributed by atoms with van der Waals surface area (Å²) in [4.78, 5) is 18.6. The topological polar surface area (TPSA) is 46.8 Å². The molecule has 0 amide bonds. The van der Waals surface area contributed by atoms with Gasteiger partial charge in [0.05, 0.1) is 24.4 Å². The lowest BCUT2D eigenvalue weighted by Gasteiger charge is -2.58. The van der Waals surface area contributed by atoms with Crippen molar-refractivity contribution >= 4 is 11.6 Å². The van der Waals surface area contributed by atoms with Crippen LogP contribution in [0.4, 0.5) is 0 Å². The fraction of sp³-hybridized carbons (Fsp3) is 0.529. The molecule has 0 unspecified atom stereocenters. The summed E-state index contributed by atoms with van der Waals surface area (Å²) in [5.41, 5.74) is 3.76. The van der Waals surface area contributed by atoms with Gasteiger partial charge >= 0.3 is 5.97 Å². The molecule has 1 aliphatic carbocycles. The molecular formula is C17H21N3O2. The van der Waals surface area contributed by atoms with Crippen LogP contribution in [-0.4, -0.2) is 40.5 Å². The molecule has 1 saturated heterocycles. The standard InChI is InChI=1S/C17H21N3O2/c1-12-14(20-6-4-3-5-15(20)18-12)9-19-10-17(11-19)7-13(8-17)16(21)22-2/h3-6,13H,7-11H2,1-2H3. The highest BCUT2D eigenvalue weighted by Crippen LogP contribution is 2.52. The van der Waals surface area contributed by atoms with Crippen molar-refractivity contribution in [3.63, 3.8) is 0 Å². The van der Waals surface area contributed by atoms with Crippen molar-refractivity contribution < 1.29 is 9.53 Å². The number of ether oxygens (including phenoxy) is 1. The van der Waals surface area contributed by atoms with E-state index in [2.05, 4.69) is 27.4 Å². The average molecular weight is 299 g/mol. The molecule has 0 atom stereocenters. The summed E-state index contributed by atoms with van der Waals surface area (Å²) < 4.78 is 7.01. The van der Waals surface area contributed by atoms with Gasteiger partial charge in [-0.05, 0) is 37.3 Å². The Morgan fingerprint density at radius 3 is 2.91 bits per heavy atom. The van der Waals surface area contributed by atoms with Gasteiger partial charge in [-0.3, -0.25) is 9.69 Å². The number of methoxy groups -OCH3 is 1. The Bertz CT molecular complexity index is 723. The number of imidazole rings is 1. The summed E-state index contributed by atoms with van der Waals surface area (Å²) in [6.07, 6.45) is 4.06. The van der Waals surface area contributed by atoms with Crippen molar-refractivity contribution in [2.75, 3.05) is 20.2 Å². The Kier molecular flexibility index (Phi) is 3.01. The van der Waals surface area contributed by atoms with E-state index in [1.54, 1.807) is 0 Å². The van der Waals surface area contributed by atoms with Crippen LogP contribution in [0.2, 0.25) is 0 Å². The van der Waals surface area contributed by atoms with Crippen molar-refractivity contribution in [3.8, 4) is 0 Å². The van der Waals surface area contributed by atoms with E-state index in [0.29, 0.717) is 5.41 Å². The summed E-state index contributed by atoms with van der Waals surface area (Å²) in [6.45, 7) is 5.18. The zero-order valence-corrected chi connectivity index (χ0v) is 13.1. The lowest BCUT2D eigenvalue weighted by molar-refractivity contribution is -0.164. The number of rotatable bonds is 3. The van der Waals surface area contributed by atoms with E-state index in [1.165, 1.54) is 12.8 Å². The summed E-state index contributed by atoms with van der Waals surface area (Å²) in [6, 6.07) is 6.11. The van der Waals surface area contributed by atoms with E-state index in [1.807, 2.05) is 18.2 Å². The predicted molar refractivity (Wildman–Crippen MR) is 82.4 cm³/mol. The number of carbonyl (C=O) groups is 1. The number of aryl methyl sites for hydroxylation is 1. The van der Waals surface area contributed by atoms with Gasteiger partial charge in [-0.2, -0.15) is 0 Å². The van der Waals surface area contributed by atoms with Crippen molar-refractivity contribution in [1.29, 1.82) is 0 Å². The van der Waals surface area contributed by atoms with Crippen LogP contribution in [0.1, 0.15) is 24.2 Å². The van der Waals surface area contributed by atoms with Crippen LogP contribution in [0.5, 0.6) is 0 Å². The molecule has 0 aromatic carbocycles. The summed E-state index contributed by atoms with van der Waals surface area (Å²) in [5, 5.41) is 0. The lowest BCUT2D eigenvalue weighted by Crippen LogP contribution is -2.62. The largest absolute Gasteiger partial charge is 0.469 e. The van der Waals surface area contributed by atoms with Gasteiger partial charge in [0.2, 0.25) is 0 Å². The van der Waals surface area contributed by atoms with Gasteiger partial charge in [-0.15, -0.1) is 0 Å². The SMILES string of the molecule is COC(=O)C1CC2(C1)CN(Cc1c(C)nc3ccccn13)C2. The molecule has 2 aromatic rings. The van der Waals surface area contributed by atoms with Gasteiger partial charge in [0.25, 0.3) is 0 Å². The average Bonchev–Trinajstić information content (AvgIpc) is 2.75. The van der Waals surface area contributed by atoms with Crippen LogP contribution in [0.15, 0.2) is 24.4 Å². The van der Waals surface area contributed by atoms with Gasteiger partial charge in [-0.25, -0.2) is 4.98 Å². The van der Waals surface area contributed by atoms with Gasteiger partial charge in [0.1, 0.15) is 5.65 Å². The maximum absolute atomic E-state index is 11.5. The number of carbonyl (C=O) groups excluding carboxylic acids is 1. The van der Waals surface area contributed by atoms with Gasteiger partial charge < -0.3 is 9.14 Å². The molecule has 22 heavy (non-hydrogen) atoms. The second-order valence-corrected chi connectivity index (χ2v) is 6.85. The highest BCUT2D eigenvalue weighted by molar-refractivity contribution is 5.73. The maximum atomic E-state index is 11.5. The van der Waals surface area contributed by atoms with Gasteiger partial charge in [-0.1, -0.05) is 6.07 Å². The van der Waals surface area contributed by atoms with E-state index < -0.39 is 0 Å². The molecule has 116 valence electrons. The van der Waals surface area contributed by atoms with Crippen LogP contribution < -0.4 is 0 Å². The number of hydrogen-bond donors (Lipinski definition) is 0. The monoisotopic (exact) mass is 299 g/mol. The van der Waals surface area contributed by atoms with Crippen molar-refractivity contribution in [2.24, 2.45) is 11.3 Å². The van der Waals surface area contributed by atoms with E-state index in [0.717, 1.165) is 43.8 Å². The Morgan fingerprint density at radius 2 is 2.18 bits per heavy atom. The van der Waals surface area contributed by atoms with Crippen LogP contribution in [0, 0.1) is 18.3 Å². The molecule has 5 heteroatoms. The lowest BCUT2D eigenvalue weighted by atomic mass is 9.57. The summed E-state index contributed by atoms with van der Waals surface area (Å²) >= 11 is 0. The molecule has 0 bridgehead atoms. The number of pyridine rings is 1. The summed E-state index contributed by atoms with van der Waals surface area (Å²) in [7, 11) is 1.48. The predicted octanol–water partition coefficient (Wildman–Crippen LogP) is 2.03. The Morgan fingerprint density at radius 1 is 1.41 bits per heavy atom. The van der Waals surface area contributed by atoms with Crippen molar-refractivity contribution in [2.45, 2.75) is 26.3 Å². The van der Waals surface area contributed by atoms with Crippen molar-refractivity contribution in [1.82, 2.24) is 14.3 Å². The number of esters is 1. The number of fused-ring (bicyclic) bond motifs is 1. The molecule has 5 nitrogen and oxygen atoms in total. The zero-order chi connectivity index (χ0) is 15.3. The second-order valence-electron chi connectivity index (χ2n) is 6.85.